The number of hydrogen-bond donors (Lipinski definition) is 1. The van der Waals surface area contributed by atoms with Gasteiger partial charge in [-0.05, 0) is 52.7 Å². The molecule has 0 aliphatic rings. The van der Waals surface area contributed by atoms with E-state index in [9.17, 15) is 0 Å². The van der Waals surface area contributed by atoms with Crippen molar-refractivity contribution in [2.45, 2.75) is 52.5 Å². The van der Waals surface area contributed by atoms with Gasteiger partial charge in [-0.25, -0.2) is 0 Å². The van der Waals surface area contributed by atoms with Crippen LogP contribution < -0.4 is 5.32 Å². The largest absolute Gasteiger partial charge is 0.309 e. The van der Waals surface area contributed by atoms with Crippen LogP contribution in [-0.4, -0.2) is 6.54 Å². The molecular formula is C14H24BrNS. The van der Waals surface area contributed by atoms with Crippen molar-refractivity contribution in [1.29, 1.82) is 0 Å². The first-order valence-electron chi connectivity index (χ1n) is 6.70. The Labute approximate surface area is 118 Å². The van der Waals surface area contributed by atoms with Gasteiger partial charge in [-0.3, -0.25) is 0 Å². The van der Waals surface area contributed by atoms with Crippen molar-refractivity contribution in [3.8, 4) is 0 Å². The molecule has 0 spiro atoms. The van der Waals surface area contributed by atoms with Gasteiger partial charge in [0.05, 0.1) is 0 Å². The Hall–Kier alpha value is 0.140. The second-order valence-electron chi connectivity index (χ2n) is 4.51. The molecule has 1 unspecified atom stereocenters. The topological polar surface area (TPSA) is 12.0 Å². The molecule has 1 atom stereocenters. The number of rotatable bonds is 8. The molecule has 1 nitrogen and oxygen atoms in total. The predicted octanol–water partition coefficient (Wildman–Crippen LogP) is 5.38. The lowest BCUT2D eigenvalue weighted by atomic mass is 9.89. The minimum absolute atomic E-state index is 0.522. The van der Waals surface area contributed by atoms with Crippen LogP contribution in [0.15, 0.2) is 15.9 Å². The summed E-state index contributed by atoms with van der Waals surface area (Å²) in [6.07, 6.45) is 5.18. The molecule has 0 aliphatic carbocycles. The fourth-order valence-electron chi connectivity index (χ4n) is 2.44. The number of hydrogen-bond acceptors (Lipinski definition) is 2. The molecule has 0 aromatic carbocycles. The number of nitrogens with one attached hydrogen (secondary N) is 1. The molecule has 0 fully saturated rings. The van der Waals surface area contributed by atoms with Gasteiger partial charge in [-0.15, -0.1) is 11.3 Å². The van der Waals surface area contributed by atoms with Gasteiger partial charge in [-0.1, -0.05) is 33.6 Å². The van der Waals surface area contributed by atoms with Crippen LogP contribution in [0.5, 0.6) is 0 Å². The van der Waals surface area contributed by atoms with E-state index < -0.39 is 0 Å². The summed E-state index contributed by atoms with van der Waals surface area (Å²) in [4.78, 5) is 1.47. The average Bonchev–Trinajstić information content (AvgIpc) is 2.72. The maximum atomic E-state index is 3.68. The van der Waals surface area contributed by atoms with Gasteiger partial charge < -0.3 is 5.32 Å². The van der Waals surface area contributed by atoms with Gasteiger partial charge in [0.2, 0.25) is 0 Å². The first kappa shape index (κ1) is 15.2. The fraction of sp³-hybridized carbons (Fsp3) is 0.714. The molecule has 0 radical (unpaired) electrons. The van der Waals surface area contributed by atoms with Gasteiger partial charge in [-0.2, -0.15) is 0 Å². The van der Waals surface area contributed by atoms with Gasteiger partial charge in [0.15, 0.2) is 0 Å². The second-order valence-corrected chi connectivity index (χ2v) is 6.31. The first-order valence-corrected chi connectivity index (χ1v) is 8.38. The van der Waals surface area contributed by atoms with E-state index in [-0.39, 0.29) is 0 Å². The third-order valence-corrected chi connectivity index (χ3v) is 5.10. The van der Waals surface area contributed by atoms with E-state index in [1.807, 2.05) is 11.3 Å². The van der Waals surface area contributed by atoms with E-state index in [0.29, 0.717) is 6.04 Å². The molecule has 0 bridgehead atoms. The van der Waals surface area contributed by atoms with E-state index in [1.165, 1.54) is 35.0 Å². The zero-order valence-electron chi connectivity index (χ0n) is 11.1. The van der Waals surface area contributed by atoms with Crippen LogP contribution in [0.3, 0.4) is 0 Å². The standard InChI is InChI=1S/C14H24BrNS/c1-4-7-11(8-5-2)13(16-6-3)14-12(15)9-10-17-14/h9-11,13,16H,4-8H2,1-3H3. The summed E-state index contributed by atoms with van der Waals surface area (Å²) >= 11 is 5.55. The third kappa shape index (κ3) is 4.38. The molecule has 1 N–H and O–H groups in total. The summed E-state index contributed by atoms with van der Waals surface area (Å²) in [7, 11) is 0. The highest BCUT2D eigenvalue weighted by Crippen LogP contribution is 2.36. The highest BCUT2D eigenvalue weighted by molar-refractivity contribution is 9.10. The summed E-state index contributed by atoms with van der Waals surface area (Å²) in [6.45, 7) is 7.81. The molecular weight excluding hydrogens is 294 g/mol. The van der Waals surface area contributed by atoms with Gasteiger partial charge in [0.25, 0.3) is 0 Å². The average molecular weight is 318 g/mol. The number of thiophene rings is 1. The van der Waals surface area contributed by atoms with Crippen molar-refractivity contribution >= 4 is 27.3 Å². The molecule has 0 amide bonds. The Balaban J connectivity index is 2.85. The van der Waals surface area contributed by atoms with Crippen molar-refractivity contribution in [2.24, 2.45) is 5.92 Å². The van der Waals surface area contributed by atoms with Gasteiger partial charge in [0.1, 0.15) is 0 Å². The maximum absolute atomic E-state index is 3.68. The molecule has 1 aromatic heterocycles. The Kier molecular flexibility index (Phi) is 7.40. The highest BCUT2D eigenvalue weighted by Gasteiger charge is 2.23. The molecule has 3 heteroatoms. The lowest BCUT2D eigenvalue weighted by Gasteiger charge is -2.27. The first-order chi connectivity index (χ1) is 8.24. The Bertz CT molecular complexity index is 305. The van der Waals surface area contributed by atoms with Crippen LogP contribution in [-0.2, 0) is 0 Å². The summed E-state index contributed by atoms with van der Waals surface area (Å²) in [5, 5.41) is 5.86. The van der Waals surface area contributed by atoms with Gasteiger partial charge >= 0.3 is 0 Å². The maximum Gasteiger partial charge on any atom is 0.0454 e. The molecule has 0 saturated carbocycles. The van der Waals surface area contributed by atoms with E-state index in [0.717, 1.165) is 12.5 Å². The van der Waals surface area contributed by atoms with Gasteiger partial charge in [0, 0.05) is 15.4 Å². The van der Waals surface area contributed by atoms with Crippen LogP contribution in [0.1, 0.15) is 57.4 Å². The van der Waals surface area contributed by atoms with E-state index in [2.05, 4.69) is 53.5 Å². The van der Waals surface area contributed by atoms with E-state index in [4.69, 9.17) is 0 Å². The molecule has 98 valence electrons. The smallest absolute Gasteiger partial charge is 0.0454 e. The Morgan fingerprint density at radius 2 is 1.88 bits per heavy atom. The minimum atomic E-state index is 0.522. The normalized spacial score (nSPS) is 13.2. The zero-order chi connectivity index (χ0) is 12.7. The van der Waals surface area contributed by atoms with Crippen molar-refractivity contribution in [1.82, 2.24) is 5.32 Å². The van der Waals surface area contributed by atoms with Crippen molar-refractivity contribution in [3.63, 3.8) is 0 Å². The molecule has 1 aromatic rings. The predicted molar refractivity (Wildman–Crippen MR) is 81.7 cm³/mol. The summed E-state index contributed by atoms with van der Waals surface area (Å²) in [5.74, 6) is 0.764. The Morgan fingerprint density at radius 1 is 1.24 bits per heavy atom. The SMILES string of the molecule is CCCC(CCC)C(NCC)c1sccc1Br. The summed E-state index contributed by atoms with van der Waals surface area (Å²) < 4.78 is 1.27. The van der Waals surface area contributed by atoms with Crippen LogP contribution in [0.4, 0.5) is 0 Å². The van der Waals surface area contributed by atoms with Crippen molar-refractivity contribution < 1.29 is 0 Å². The molecule has 17 heavy (non-hydrogen) atoms. The fourth-order valence-corrected chi connectivity index (χ4v) is 4.23. The van der Waals surface area contributed by atoms with Crippen LogP contribution in [0.2, 0.25) is 0 Å². The molecule has 1 heterocycles. The lowest BCUT2D eigenvalue weighted by Crippen LogP contribution is -2.28. The molecule has 1 rings (SSSR count). The van der Waals surface area contributed by atoms with Crippen LogP contribution in [0.25, 0.3) is 0 Å². The monoisotopic (exact) mass is 317 g/mol. The zero-order valence-corrected chi connectivity index (χ0v) is 13.5. The summed E-state index contributed by atoms with van der Waals surface area (Å²) in [6, 6.07) is 2.69. The van der Waals surface area contributed by atoms with Crippen molar-refractivity contribution in [3.05, 3.63) is 20.8 Å². The van der Waals surface area contributed by atoms with Crippen LogP contribution in [0, 0.1) is 5.92 Å². The molecule has 0 aliphatic heterocycles. The molecule has 0 saturated heterocycles. The third-order valence-electron chi connectivity index (χ3n) is 3.14. The lowest BCUT2D eigenvalue weighted by molar-refractivity contribution is 0.323. The minimum Gasteiger partial charge on any atom is -0.309 e. The van der Waals surface area contributed by atoms with Crippen LogP contribution >= 0.6 is 27.3 Å². The van der Waals surface area contributed by atoms with Crippen molar-refractivity contribution in [2.75, 3.05) is 6.54 Å². The van der Waals surface area contributed by atoms with E-state index >= 15 is 0 Å². The highest BCUT2D eigenvalue weighted by atomic mass is 79.9. The summed E-state index contributed by atoms with van der Waals surface area (Å²) in [5.41, 5.74) is 0. The number of halogens is 1. The quantitative estimate of drug-likeness (QED) is 0.679. The van der Waals surface area contributed by atoms with E-state index in [1.54, 1.807) is 0 Å². The Morgan fingerprint density at radius 3 is 2.29 bits per heavy atom. The second kappa shape index (κ2) is 8.28.